The molecule has 0 unspecified atom stereocenters. The molecule has 0 fully saturated rings. The number of nitro benzene ring substituents is 1. The molecular weight excluding hydrogens is 376 g/mol. The van der Waals surface area contributed by atoms with Gasteiger partial charge < -0.3 is 14.8 Å². The van der Waals surface area contributed by atoms with Gasteiger partial charge in [0.15, 0.2) is 12.3 Å². The summed E-state index contributed by atoms with van der Waals surface area (Å²) in [6.45, 7) is 1.43. The Balaban J connectivity index is 1.75. The number of carbonyl (C=O) groups is 1. The van der Waals surface area contributed by atoms with Crippen LogP contribution in [0.1, 0.15) is 5.56 Å². The van der Waals surface area contributed by atoms with Crippen molar-refractivity contribution in [3.05, 3.63) is 57.1 Å². The van der Waals surface area contributed by atoms with Gasteiger partial charge >= 0.3 is 5.91 Å². The molecule has 0 aliphatic rings. The van der Waals surface area contributed by atoms with Crippen molar-refractivity contribution in [3.8, 4) is 11.6 Å². The van der Waals surface area contributed by atoms with Crippen LogP contribution < -0.4 is 4.74 Å². The Morgan fingerprint density at radius 2 is 2.11 bits per heavy atom. The number of amides is 1. The van der Waals surface area contributed by atoms with Crippen LogP contribution in [0.5, 0.6) is 11.6 Å². The van der Waals surface area contributed by atoms with E-state index in [1.807, 2.05) is 0 Å². The predicted octanol–water partition coefficient (Wildman–Crippen LogP) is 4.43. The average molecular weight is 389 g/mol. The number of aromatic nitrogens is 1. The third-order valence-electron chi connectivity index (χ3n) is 3.70. The second-order valence-corrected chi connectivity index (χ2v) is 6.01. The highest BCUT2D eigenvalue weighted by Gasteiger charge is 2.15. The predicted molar refractivity (Wildman–Crippen MR) is 97.8 cm³/mol. The first-order valence-electron chi connectivity index (χ1n) is 7.68. The molecule has 1 aromatic heterocycles. The zero-order valence-electron chi connectivity index (χ0n) is 14.0. The number of nitrogens with one attached hydrogen (secondary N) is 1. The number of halogens is 1. The van der Waals surface area contributed by atoms with Gasteiger partial charge in [-0.05, 0) is 36.8 Å². The molecule has 27 heavy (non-hydrogen) atoms. The first kappa shape index (κ1) is 18.3. The fraction of sp³-hybridized carbons (Fsp3) is 0.118. The maximum absolute atomic E-state index is 11.9. The topological polar surface area (TPSA) is 130 Å². The fourth-order valence-electron chi connectivity index (χ4n) is 2.35. The molecule has 1 heterocycles. The number of carbonyl (C=O) groups excluding carboxylic acids is 1. The highest BCUT2D eigenvalue weighted by atomic mass is 35.5. The maximum Gasteiger partial charge on any atom is 0.302 e. The number of ether oxygens (including phenoxy) is 1. The Labute approximate surface area is 157 Å². The molecule has 0 saturated carbocycles. The molecule has 2 aromatic carbocycles. The Kier molecular flexibility index (Phi) is 5.04. The fourth-order valence-corrected chi connectivity index (χ4v) is 2.47. The Morgan fingerprint density at radius 1 is 1.33 bits per heavy atom. The van der Waals surface area contributed by atoms with E-state index in [1.165, 1.54) is 18.2 Å². The lowest BCUT2D eigenvalue weighted by Gasteiger charge is -2.05. The third-order valence-corrected chi connectivity index (χ3v) is 4.12. The first-order valence-corrected chi connectivity index (χ1v) is 8.05. The number of azo groups is 1. The van der Waals surface area contributed by atoms with Gasteiger partial charge in [-0.25, -0.2) is 0 Å². The van der Waals surface area contributed by atoms with E-state index in [9.17, 15) is 20.0 Å². The Hall–Kier alpha value is -3.46. The number of benzene rings is 2. The van der Waals surface area contributed by atoms with Gasteiger partial charge in [-0.1, -0.05) is 11.6 Å². The monoisotopic (exact) mass is 388 g/mol. The van der Waals surface area contributed by atoms with E-state index in [2.05, 4.69) is 15.2 Å². The van der Waals surface area contributed by atoms with Crippen molar-refractivity contribution < 1.29 is 19.6 Å². The van der Waals surface area contributed by atoms with Crippen molar-refractivity contribution >= 4 is 39.8 Å². The van der Waals surface area contributed by atoms with Gasteiger partial charge in [0.05, 0.1) is 10.4 Å². The number of hydrogen-bond acceptors (Lipinski definition) is 6. The van der Waals surface area contributed by atoms with Crippen LogP contribution in [0.25, 0.3) is 10.9 Å². The summed E-state index contributed by atoms with van der Waals surface area (Å²) < 4.78 is 5.32. The molecule has 0 aliphatic carbocycles. The van der Waals surface area contributed by atoms with E-state index >= 15 is 0 Å². The van der Waals surface area contributed by atoms with Crippen LogP contribution in [0.3, 0.4) is 0 Å². The lowest BCUT2D eigenvalue weighted by molar-refractivity contribution is -0.384. The van der Waals surface area contributed by atoms with E-state index in [-0.39, 0.29) is 29.2 Å². The van der Waals surface area contributed by atoms with Crippen molar-refractivity contribution in [1.29, 1.82) is 0 Å². The van der Waals surface area contributed by atoms with Gasteiger partial charge in [0.25, 0.3) is 5.69 Å². The van der Waals surface area contributed by atoms with Crippen molar-refractivity contribution in [2.24, 2.45) is 10.2 Å². The number of H-pyrrole nitrogens is 1. The number of non-ortho nitro benzene ring substituents is 1. The van der Waals surface area contributed by atoms with Crippen molar-refractivity contribution in [1.82, 2.24) is 4.98 Å². The number of aromatic amines is 1. The zero-order valence-corrected chi connectivity index (χ0v) is 14.7. The normalized spacial score (nSPS) is 11.2. The van der Waals surface area contributed by atoms with E-state index < -0.39 is 10.8 Å². The molecule has 0 aliphatic heterocycles. The average Bonchev–Trinajstić information content (AvgIpc) is 2.95. The molecule has 0 radical (unpaired) electrons. The van der Waals surface area contributed by atoms with Gasteiger partial charge in [0, 0.05) is 22.5 Å². The number of fused-ring (bicyclic) bond motifs is 1. The summed E-state index contributed by atoms with van der Waals surface area (Å²) in [6, 6.07) is 8.89. The number of nitrogens with zero attached hydrogens (tertiary/aromatic N) is 3. The second-order valence-electron chi connectivity index (χ2n) is 5.60. The molecule has 2 N–H and O–H groups in total. The quantitative estimate of drug-likeness (QED) is 0.379. The van der Waals surface area contributed by atoms with Crippen LogP contribution in [0.4, 0.5) is 11.4 Å². The Bertz CT molecular complexity index is 1080. The summed E-state index contributed by atoms with van der Waals surface area (Å²) in [5, 5.41) is 28.9. The van der Waals surface area contributed by atoms with Crippen LogP contribution in [-0.4, -0.2) is 27.5 Å². The molecule has 3 rings (SSSR count). The largest absolute Gasteiger partial charge is 0.493 e. The standard InChI is InChI=1S/C17H13ClN4O5/c1-9-6-11(3-4-13(9)18)27-8-15(23)20-21-16-12-7-10(22(25)26)2-5-14(12)19-17(16)24/h2-7,19,24H,8H2,1H3. The molecule has 10 heteroatoms. The summed E-state index contributed by atoms with van der Waals surface area (Å²) in [4.78, 5) is 24.8. The summed E-state index contributed by atoms with van der Waals surface area (Å²) >= 11 is 5.92. The minimum absolute atomic E-state index is 0.0654. The van der Waals surface area contributed by atoms with Gasteiger partial charge in [0.1, 0.15) is 5.75 Å². The van der Waals surface area contributed by atoms with E-state index in [4.69, 9.17) is 16.3 Å². The zero-order chi connectivity index (χ0) is 19.6. The smallest absolute Gasteiger partial charge is 0.302 e. The SMILES string of the molecule is Cc1cc(OCC(=O)N=Nc2c(O)[nH]c3ccc([N+](=O)[O-])cc23)ccc1Cl. The lowest BCUT2D eigenvalue weighted by Crippen LogP contribution is -2.07. The van der Waals surface area contributed by atoms with Crippen LogP contribution in [-0.2, 0) is 4.79 Å². The number of rotatable bonds is 5. The first-order chi connectivity index (χ1) is 12.8. The van der Waals surface area contributed by atoms with Gasteiger partial charge in [-0.3, -0.25) is 14.9 Å². The van der Waals surface area contributed by atoms with Gasteiger partial charge in [-0.2, -0.15) is 0 Å². The summed E-state index contributed by atoms with van der Waals surface area (Å²) in [5.74, 6) is -0.593. The highest BCUT2D eigenvalue weighted by Crippen LogP contribution is 2.37. The van der Waals surface area contributed by atoms with Gasteiger partial charge in [0.2, 0.25) is 5.88 Å². The number of aromatic hydroxyl groups is 1. The molecule has 1 amide bonds. The van der Waals surface area contributed by atoms with E-state index in [0.29, 0.717) is 16.3 Å². The highest BCUT2D eigenvalue weighted by molar-refractivity contribution is 6.31. The van der Waals surface area contributed by atoms with Crippen LogP contribution in [0.15, 0.2) is 46.6 Å². The van der Waals surface area contributed by atoms with Gasteiger partial charge in [-0.15, -0.1) is 10.2 Å². The van der Waals surface area contributed by atoms with Crippen LogP contribution in [0.2, 0.25) is 5.02 Å². The summed E-state index contributed by atoms with van der Waals surface area (Å²) in [7, 11) is 0. The lowest BCUT2D eigenvalue weighted by atomic mass is 10.2. The van der Waals surface area contributed by atoms with Crippen LogP contribution in [0, 0.1) is 17.0 Å². The molecule has 138 valence electrons. The Morgan fingerprint density at radius 3 is 2.81 bits per heavy atom. The molecule has 0 atom stereocenters. The van der Waals surface area contributed by atoms with Crippen molar-refractivity contribution in [2.45, 2.75) is 6.92 Å². The molecule has 0 saturated heterocycles. The van der Waals surface area contributed by atoms with Crippen molar-refractivity contribution in [3.63, 3.8) is 0 Å². The van der Waals surface area contributed by atoms with Crippen LogP contribution >= 0.6 is 11.6 Å². The minimum atomic E-state index is -0.693. The van der Waals surface area contributed by atoms with Crippen molar-refractivity contribution in [2.75, 3.05) is 6.61 Å². The number of hydrogen-bond donors (Lipinski definition) is 2. The van der Waals surface area contributed by atoms with E-state index in [0.717, 1.165) is 5.56 Å². The third kappa shape index (κ3) is 4.04. The molecule has 9 nitrogen and oxygen atoms in total. The molecule has 3 aromatic rings. The minimum Gasteiger partial charge on any atom is -0.493 e. The summed E-state index contributed by atoms with van der Waals surface area (Å²) in [5.41, 5.74) is 0.982. The number of aryl methyl sites for hydroxylation is 1. The summed E-state index contributed by atoms with van der Waals surface area (Å²) in [6.07, 6.45) is 0. The molecular formula is C17H13ClN4O5. The second kappa shape index (κ2) is 7.42. The maximum atomic E-state index is 11.9. The number of nitro groups is 1. The van der Waals surface area contributed by atoms with E-state index in [1.54, 1.807) is 25.1 Å². The molecule has 0 bridgehead atoms. The molecule has 0 spiro atoms.